The minimum atomic E-state index is -0.587. The van der Waals surface area contributed by atoms with E-state index in [9.17, 15) is 9.18 Å². The molecule has 146 valence electrons. The molecule has 0 unspecified atom stereocenters. The summed E-state index contributed by atoms with van der Waals surface area (Å²) in [7, 11) is 0. The number of fused-ring (bicyclic) bond motifs is 1. The number of halogens is 1. The highest BCUT2D eigenvalue weighted by Gasteiger charge is 2.28. The first-order chi connectivity index (χ1) is 13.6. The van der Waals surface area contributed by atoms with Crippen molar-refractivity contribution in [3.63, 3.8) is 0 Å². The van der Waals surface area contributed by atoms with Crippen molar-refractivity contribution in [1.82, 2.24) is 9.88 Å². The van der Waals surface area contributed by atoms with Crippen LogP contribution in [-0.2, 0) is 11.3 Å². The van der Waals surface area contributed by atoms with Gasteiger partial charge in [0, 0.05) is 0 Å². The fourth-order valence-corrected chi connectivity index (χ4v) is 4.49. The molecule has 1 amide bonds. The highest BCUT2D eigenvalue weighted by atomic mass is 32.1. The number of amides is 1. The molecule has 1 aliphatic rings. The number of piperazine rings is 1. The van der Waals surface area contributed by atoms with Crippen molar-refractivity contribution < 1.29 is 18.8 Å². The highest BCUT2D eigenvalue weighted by Crippen LogP contribution is 2.20. The van der Waals surface area contributed by atoms with Crippen molar-refractivity contribution in [2.75, 3.05) is 26.2 Å². The van der Waals surface area contributed by atoms with Crippen molar-refractivity contribution >= 4 is 27.5 Å². The molecule has 28 heavy (non-hydrogen) atoms. The molecular formula is C21H23FN3O2S+. The van der Waals surface area contributed by atoms with Crippen molar-refractivity contribution in [2.24, 2.45) is 0 Å². The van der Waals surface area contributed by atoms with E-state index in [1.165, 1.54) is 21.7 Å². The molecule has 4 rings (SSSR count). The van der Waals surface area contributed by atoms with E-state index in [1.54, 1.807) is 30.4 Å². The number of carbonyl (C=O) groups excluding carboxylic acids is 1. The smallest absolute Gasteiger partial charge is 0.263 e. The number of nitrogens with zero attached hydrogens (tertiary/aromatic N) is 2. The largest absolute Gasteiger partial charge is 0.481 e. The molecule has 1 aliphatic heterocycles. The Hall–Kier alpha value is -2.51. The van der Waals surface area contributed by atoms with Gasteiger partial charge in [-0.15, -0.1) is 11.3 Å². The van der Waals surface area contributed by atoms with Crippen molar-refractivity contribution in [1.29, 1.82) is 0 Å². The van der Waals surface area contributed by atoms with E-state index in [0.29, 0.717) is 18.8 Å². The number of quaternary nitrogens is 1. The lowest BCUT2D eigenvalue weighted by Gasteiger charge is -2.33. The molecule has 1 saturated heterocycles. The van der Waals surface area contributed by atoms with Gasteiger partial charge < -0.3 is 14.5 Å². The van der Waals surface area contributed by atoms with Crippen LogP contribution in [0.1, 0.15) is 11.9 Å². The Kier molecular flexibility index (Phi) is 5.54. The third-order valence-corrected chi connectivity index (χ3v) is 6.03. The highest BCUT2D eigenvalue weighted by molar-refractivity contribution is 7.18. The van der Waals surface area contributed by atoms with E-state index in [-0.39, 0.29) is 11.7 Å². The molecule has 0 spiro atoms. The summed E-state index contributed by atoms with van der Waals surface area (Å²) in [5, 5.41) is 1.14. The summed E-state index contributed by atoms with van der Waals surface area (Å²) in [6.45, 7) is 5.83. The van der Waals surface area contributed by atoms with Crippen LogP contribution in [0.5, 0.6) is 5.75 Å². The quantitative estimate of drug-likeness (QED) is 0.714. The summed E-state index contributed by atoms with van der Waals surface area (Å²) in [5.41, 5.74) is 1.06. The second-order valence-corrected chi connectivity index (χ2v) is 8.16. The zero-order valence-electron chi connectivity index (χ0n) is 15.7. The van der Waals surface area contributed by atoms with Gasteiger partial charge >= 0.3 is 0 Å². The monoisotopic (exact) mass is 400 g/mol. The average molecular weight is 400 g/mol. The van der Waals surface area contributed by atoms with E-state index >= 15 is 0 Å². The number of ether oxygens (including phenoxy) is 1. The summed E-state index contributed by atoms with van der Waals surface area (Å²) in [6.07, 6.45) is -0.587. The Balaban J connectivity index is 1.29. The Bertz CT molecular complexity index is 919. The first-order valence-corrected chi connectivity index (χ1v) is 10.3. The van der Waals surface area contributed by atoms with Gasteiger partial charge in [-0.25, -0.2) is 9.37 Å². The predicted molar refractivity (Wildman–Crippen MR) is 107 cm³/mol. The van der Waals surface area contributed by atoms with E-state index < -0.39 is 6.10 Å². The lowest BCUT2D eigenvalue weighted by molar-refractivity contribution is -0.917. The maximum Gasteiger partial charge on any atom is 0.263 e. The Labute approximate surface area is 167 Å². The van der Waals surface area contributed by atoms with E-state index in [0.717, 1.165) is 30.2 Å². The Morgan fingerprint density at radius 3 is 2.64 bits per heavy atom. The maximum atomic E-state index is 13.0. The fraction of sp³-hybridized carbons (Fsp3) is 0.333. The van der Waals surface area contributed by atoms with Gasteiger partial charge in [0.05, 0.1) is 36.4 Å². The molecule has 0 saturated carbocycles. The molecule has 2 heterocycles. The van der Waals surface area contributed by atoms with E-state index in [2.05, 4.69) is 6.07 Å². The minimum Gasteiger partial charge on any atom is -0.481 e. The molecule has 1 N–H and O–H groups in total. The zero-order chi connectivity index (χ0) is 19.5. The number of carbonyl (C=O) groups is 1. The number of hydrogen-bond acceptors (Lipinski definition) is 4. The molecule has 2 aromatic carbocycles. The predicted octanol–water partition coefficient (Wildman–Crippen LogP) is 2.13. The third-order valence-electron chi connectivity index (χ3n) is 5.00. The van der Waals surface area contributed by atoms with Gasteiger partial charge in [0.15, 0.2) is 6.10 Å². The van der Waals surface area contributed by atoms with E-state index in [4.69, 9.17) is 9.72 Å². The Morgan fingerprint density at radius 2 is 1.93 bits per heavy atom. The first kappa shape index (κ1) is 18.8. The number of para-hydroxylation sites is 1. The summed E-state index contributed by atoms with van der Waals surface area (Å²) in [5.74, 6) is 0.157. The van der Waals surface area contributed by atoms with Crippen molar-refractivity contribution in [2.45, 2.75) is 19.6 Å². The van der Waals surface area contributed by atoms with Crippen molar-refractivity contribution in [3.8, 4) is 5.75 Å². The molecule has 5 nitrogen and oxygen atoms in total. The maximum absolute atomic E-state index is 13.0. The van der Waals surface area contributed by atoms with Gasteiger partial charge in [0.25, 0.3) is 5.91 Å². The van der Waals surface area contributed by atoms with Crippen LogP contribution in [0.25, 0.3) is 10.2 Å². The van der Waals surface area contributed by atoms with Crippen LogP contribution in [0.15, 0.2) is 48.5 Å². The summed E-state index contributed by atoms with van der Waals surface area (Å²) < 4.78 is 19.9. The second-order valence-electron chi connectivity index (χ2n) is 7.04. The van der Waals surface area contributed by atoms with Crippen LogP contribution in [0.2, 0.25) is 0 Å². The van der Waals surface area contributed by atoms with Crippen LogP contribution in [0.3, 0.4) is 0 Å². The number of nitrogens with one attached hydrogen (secondary N) is 1. The minimum absolute atomic E-state index is 0.0247. The summed E-state index contributed by atoms with van der Waals surface area (Å²) >= 11 is 1.75. The Morgan fingerprint density at radius 1 is 1.21 bits per heavy atom. The summed E-state index contributed by atoms with van der Waals surface area (Å²) in [6, 6.07) is 13.9. The van der Waals surface area contributed by atoms with Gasteiger partial charge in [-0.2, -0.15) is 0 Å². The molecule has 0 bridgehead atoms. The topological polar surface area (TPSA) is 46.9 Å². The summed E-state index contributed by atoms with van der Waals surface area (Å²) in [4.78, 5) is 20.7. The molecule has 1 atom stereocenters. The SMILES string of the molecule is C[C@@H](Oc1ccc(F)cc1)C(=O)N1CC[NH+](Cc2nc3ccccc3s2)CC1. The average Bonchev–Trinajstić information content (AvgIpc) is 3.12. The molecule has 0 radical (unpaired) electrons. The molecule has 1 aromatic heterocycles. The van der Waals surface area contributed by atoms with Crippen LogP contribution in [0, 0.1) is 5.82 Å². The first-order valence-electron chi connectivity index (χ1n) is 9.47. The number of benzene rings is 2. The van der Waals surface area contributed by atoms with Crippen LogP contribution >= 0.6 is 11.3 Å². The second kappa shape index (κ2) is 8.24. The van der Waals surface area contributed by atoms with Gasteiger partial charge in [-0.05, 0) is 43.3 Å². The zero-order valence-corrected chi connectivity index (χ0v) is 16.5. The normalized spacial score (nSPS) is 16.3. The third kappa shape index (κ3) is 4.31. The molecule has 0 aliphatic carbocycles. The van der Waals surface area contributed by atoms with Crippen molar-refractivity contribution in [3.05, 3.63) is 59.4 Å². The van der Waals surface area contributed by atoms with Gasteiger partial charge in [-0.3, -0.25) is 4.79 Å². The molecule has 7 heteroatoms. The standard InChI is InChI=1S/C21H22FN3O2S/c1-15(27-17-8-6-16(22)7-9-17)21(26)25-12-10-24(11-13-25)14-20-23-18-4-2-3-5-19(18)28-20/h2-9,15H,10-14H2,1H3/p+1/t15-/m1/s1. The fourth-order valence-electron chi connectivity index (χ4n) is 3.45. The van der Waals surface area contributed by atoms with Crippen LogP contribution < -0.4 is 9.64 Å². The van der Waals surface area contributed by atoms with Gasteiger partial charge in [0.2, 0.25) is 0 Å². The van der Waals surface area contributed by atoms with Gasteiger partial charge in [-0.1, -0.05) is 12.1 Å². The number of thiazole rings is 1. The number of aromatic nitrogens is 1. The molecule has 3 aromatic rings. The lowest BCUT2D eigenvalue weighted by Crippen LogP contribution is -3.13. The molecular weight excluding hydrogens is 377 g/mol. The van der Waals surface area contributed by atoms with Gasteiger partial charge in [0.1, 0.15) is 23.1 Å². The molecule has 1 fully saturated rings. The van der Waals surface area contributed by atoms with Crippen LogP contribution in [0.4, 0.5) is 4.39 Å². The van der Waals surface area contributed by atoms with E-state index in [1.807, 2.05) is 23.1 Å². The number of hydrogen-bond donors (Lipinski definition) is 1. The number of rotatable bonds is 5. The lowest BCUT2D eigenvalue weighted by atomic mass is 10.2. The van der Waals surface area contributed by atoms with Crippen LogP contribution in [-0.4, -0.2) is 48.1 Å².